The summed E-state index contributed by atoms with van der Waals surface area (Å²) in [6, 6.07) is 6.36. The number of nitrogens with zero attached hydrogens (tertiary/aromatic N) is 3. The third-order valence-electron chi connectivity index (χ3n) is 3.17. The molecule has 0 aliphatic rings. The molecule has 106 valence electrons. The second-order valence-electron chi connectivity index (χ2n) is 4.88. The van der Waals surface area contributed by atoms with E-state index in [1.165, 1.54) is 18.2 Å². The Morgan fingerprint density at radius 1 is 1.25 bits per heavy atom. The molecule has 5 heteroatoms. The zero-order valence-corrected chi connectivity index (χ0v) is 12.3. The second kappa shape index (κ2) is 5.86. The fraction of sp³-hybridized carbons (Fsp3) is 0.400. The van der Waals surface area contributed by atoms with Crippen LogP contribution in [0.15, 0.2) is 18.2 Å². The third kappa shape index (κ3) is 2.87. The molecule has 0 aliphatic carbocycles. The van der Waals surface area contributed by atoms with Gasteiger partial charge in [0.15, 0.2) is 5.69 Å². The van der Waals surface area contributed by atoms with Crippen LogP contribution in [0.25, 0.3) is 0 Å². The van der Waals surface area contributed by atoms with Crippen LogP contribution in [0, 0.1) is 13.8 Å². The van der Waals surface area contributed by atoms with Crippen LogP contribution >= 0.6 is 0 Å². The predicted octanol–water partition coefficient (Wildman–Crippen LogP) is 2.29. The zero-order valence-electron chi connectivity index (χ0n) is 12.3. The van der Waals surface area contributed by atoms with Gasteiger partial charge < -0.3 is 4.74 Å². The summed E-state index contributed by atoms with van der Waals surface area (Å²) in [5, 5.41) is 8.01. The fourth-order valence-corrected chi connectivity index (χ4v) is 2.40. The molecule has 0 aliphatic heterocycles. The minimum Gasteiger partial charge on any atom is -0.464 e. The Bertz CT molecular complexity index is 612. The van der Waals surface area contributed by atoms with Gasteiger partial charge in [0.2, 0.25) is 0 Å². The first-order chi connectivity index (χ1) is 9.55. The molecule has 2 rings (SSSR count). The van der Waals surface area contributed by atoms with Crippen LogP contribution in [-0.2, 0) is 17.7 Å². The lowest BCUT2D eigenvalue weighted by Gasteiger charge is -2.08. The highest BCUT2D eigenvalue weighted by Gasteiger charge is 2.18. The van der Waals surface area contributed by atoms with Gasteiger partial charge in [-0.15, -0.1) is 5.10 Å². The summed E-state index contributed by atoms with van der Waals surface area (Å²) in [7, 11) is 1.35. The van der Waals surface area contributed by atoms with Gasteiger partial charge in [-0.1, -0.05) is 41.5 Å². The van der Waals surface area contributed by atoms with Crippen LogP contribution in [0.5, 0.6) is 0 Å². The van der Waals surface area contributed by atoms with Crippen LogP contribution in [0.4, 0.5) is 0 Å². The zero-order chi connectivity index (χ0) is 14.7. The normalized spacial score (nSPS) is 10.6. The number of hydrogen-bond acceptors (Lipinski definition) is 4. The number of methoxy groups -OCH3 is 1. The SMILES string of the molecule is CCc1c(C(=O)OC)nnn1Cc1cc(C)cc(C)c1. The number of rotatable bonds is 4. The van der Waals surface area contributed by atoms with Crippen molar-refractivity contribution in [2.24, 2.45) is 0 Å². The van der Waals surface area contributed by atoms with E-state index in [2.05, 4.69) is 42.4 Å². The summed E-state index contributed by atoms with van der Waals surface area (Å²) in [5.41, 5.74) is 4.69. The van der Waals surface area contributed by atoms with Gasteiger partial charge in [0.1, 0.15) is 0 Å². The Labute approximate surface area is 118 Å². The Hall–Kier alpha value is -2.17. The monoisotopic (exact) mass is 273 g/mol. The summed E-state index contributed by atoms with van der Waals surface area (Å²) in [4.78, 5) is 11.6. The van der Waals surface area contributed by atoms with Crippen LogP contribution in [0.1, 0.15) is 39.8 Å². The van der Waals surface area contributed by atoms with Crippen molar-refractivity contribution < 1.29 is 9.53 Å². The molecule has 0 spiro atoms. The van der Waals surface area contributed by atoms with Crippen molar-refractivity contribution in [1.29, 1.82) is 0 Å². The minimum atomic E-state index is -0.437. The highest BCUT2D eigenvalue weighted by molar-refractivity contribution is 5.88. The highest BCUT2D eigenvalue weighted by Crippen LogP contribution is 2.13. The maximum absolute atomic E-state index is 11.6. The van der Waals surface area contributed by atoms with Gasteiger partial charge in [-0.05, 0) is 25.8 Å². The number of ether oxygens (including phenoxy) is 1. The van der Waals surface area contributed by atoms with E-state index < -0.39 is 5.97 Å². The Balaban J connectivity index is 2.34. The quantitative estimate of drug-likeness (QED) is 0.802. The first-order valence-corrected chi connectivity index (χ1v) is 6.63. The maximum atomic E-state index is 11.6. The summed E-state index contributed by atoms with van der Waals surface area (Å²) < 4.78 is 6.49. The van der Waals surface area contributed by atoms with E-state index in [1.807, 2.05) is 6.92 Å². The van der Waals surface area contributed by atoms with Crippen molar-refractivity contribution in [1.82, 2.24) is 15.0 Å². The second-order valence-corrected chi connectivity index (χ2v) is 4.88. The minimum absolute atomic E-state index is 0.305. The molecule has 0 fully saturated rings. The molecule has 1 aromatic carbocycles. The van der Waals surface area contributed by atoms with Crippen molar-refractivity contribution in [2.75, 3.05) is 7.11 Å². The molecule has 0 N–H and O–H groups in total. The van der Waals surface area contributed by atoms with E-state index in [0.717, 1.165) is 11.3 Å². The molecule has 0 radical (unpaired) electrons. The van der Waals surface area contributed by atoms with E-state index in [9.17, 15) is 4.79 Å². The highest BCUT2D eigenvalue weighted by atomic mass is 16.5. The van der Waals surface area contributed by atoms with Crippen LogP contribution in [0.3, 0.4) is 0 Å². The summed E-state index contributed by atoms with van der Waals surface area (Å²) in [6.07, 6.45) is 0.683. The van der Waals surface area contributed by atoms with Crippen molar-refractivity contribution in [3.63, 3.8) is 0 Å². The van der Waals surface area contributed by atoms with Gasteiger partial charge in [0.25, 0.3) is 0 Å². The van der Waals surface area contributed by atoms with Gasteiger partial charge in [-0.2, -0.15) is 0 Å². The lowest BCUT2D eigenvalue weighted by molar-refractivity contribution is 0.0592. The van der Waals surface area contributed by atoms with E-state index >= 15 is 0 Å². The number of aromatic nitrogens is 3. The molecule has 1 aromatic heterocycles. The standard InChI is InChI=1S/C15H19N3O2/c1-5-13-14(15(19)20-4)16-17-18(13)9-12-7-10(2)6-11(3)8-12/h6-8H,5,9H2,1-4H3. The molecule has 0 atom stereocenters. The number of esters is 1. The number of carbonyl (C=O) groups excluding carboxylic acids is 1. The molecular formula is C15H19N3O2. The number of aryl methyl sites for hydroxylation is 2. The lowest BCUT2D eigenvalue weighted by Crippen LogP contribution is -2.10. The van der Waals surface area contributed by atoms with E-state index in [4.69, 9.17) is 4.74 Å². The number of carbonyl (C=O) groups is 1. The molecule has 0 amide bonds. The summed E-state index contributed by atoms with van der Waals surface area (Å²) in [6.45, 7) is 6.72. The molecule has 0 saturated carbocycles. The molecule has 5 nitrogen and oxygen atoms in total. The van der Waals surface area contributed by atoms with Gasteiger partial charge in [0, 0.05) is 0 Å². The molecule has 0 bridgehead atoms. The predicted molar refractivity (Wildman–Crippen MR) is 75.8 cm³/mol. The molecule has 0 saturated heterocycles. The average Bonchev–Trinajstić information content (AvgIpc) is 2.79. The van der Waals surface area contributed by atoms with Crippen molar-refractivity contribution in [3.8, 4) is 0 Å². The summed E-state index contributed by atoms with van der Waals surface area (Å²) >= 11 is 0. The fourth-order valence-electron chi connectivity index (χ4n) is 2.40. The number of benzene rings is 1. The average molecular weight is 273 g/mol. The van der Waals surface area contributed by atoms with Crippen molar-refractivity contribution >= 4 is 5.97 Å². The van der Waals surface area contributed by atoms with Crippen molar-refractivity contribution in [2.45, 2.75) is 33.7 Å². The Kier molecular flexibility index (Phi) is 4.17. The van der Waals surface area contributed by atoms with Gasteiger partial charge in [0.05, 0.1) is 19.3 Å². The molecule has 2 aromatic rings. The largest absolute Gasteiger partial charge is 0.464 e. The van der Waals surface area contributed by atoms with Crippen molar-refractivity contribution in [3.05, 3.63) is 46.3 Å². The van der Waals surface area contributed by atoms with E-state index in [-0.39, 0.29) is 0 Å². The first kappa shape index (κ1) is 14.2. The van der Waals surface area contributed by atoms with Crippen LogP contribution < -0.4 is 0 Å². The van der Waals surface area contributed by atoms with E-state index in [1.54, 1.807) is 4.68 Å². The van der Waals surface area contributed by atoms with Gasteiger partial charge >= 0.3 is 5.97 Å². The Morgan fingerprint density at radius 2 is 1.90 bits per heavy atom. The Morgan fingerprint density at radius 3 is 2.45 bits per heavy atom. The number of hydrogen-bond donors (Lipinski definition) is 0. The van der Waals surface area contributed by atoms with Gasteiger partial charge in [-0.3, -0.25) is 0 Å². The molecule has 20 heavy (non-hydrogen) atoms. The van der Waals surface area contributed by atoms with Gasteiger partial charge in [-0.25, -0.2) is 9.48 Å². The molecule has 1 heterocycles. The van der Waals surface area contributed by atoms with Crippen LogP contribution in [-0.4, -0.2) is 28.1 Å². The molecule has 0 unspecified atom stereocenters. The maximum Gasteiger partial charge on any atom is 0.360 e. The summed E-state index contributed by atoms with van der Waals surface area (Å²) in [5.74, 6) is -0.437. The van der Waals surface area contributed by atoms with Crippen LogP contribution in [0.2, 0.25) is 0 Å². The lowest BCUT2D eigenvalue weighted by atomic mass is 10.1. The van der Waals surface area contributed by atoms with E-state index in [0.29, 0.717) is 18.7 Å². The third-order valence-corrected chi connectivity index (χ3v) is 3.17. The molecular weight excluding hydrogens is 254 g/mol. The smallest absolute Gasteiger partial charge is 0.360 e. The topological polar surface area (TPSA) is 57.0 Å². The first-order valence-electron chi connectivity index (χ1n) is 6.63.